The van der Waals surface area contributed by atoms with E-state index in [-0.39, 0.29) is 11.9 Å². The molecule has 6 heteroatoms. The largest absolute Gasteiger partial charge is 0.494 e. The molecule has 0 aliphatic heterocycles. The quantitative estimate of drug-likeness (QED) is 0.347. The van der Waals surface area contributed by atoms with Gasteiger partial charge < -0.3 is 14.6 Å². The monoisotopic (exact) mass is 442 g/mol. The molecule has 0 bridgehead atoms. The third kappa shape index (κ3) is 5.40. The number of amides is 1. The lowest BCUT2D eigenvalue weighted by Gasteiger charge is -2.16. The summed E-state index contributed by atoms with van der Waals surface area (Å²) in [7, 11) is 0. The molecule has 1 unspecified atom stereocenters. The summed E-state index contributed by atoms with van der Waals surface area (Å²) in [6.07, 6.45) is 2.44. The summed E-state index contributed by atoms with van der Waals surface area (Å²) in [6.45, 7) is 7.65. The molecule has 4 rings (SSSR count). The van der Waals surface area contributed by atoms with E-state index in [0.717, 1.165) is 35.6 Å². The van der Waals surface area contributed by atoms with Gasteiger partial charge in [0, 0.05) is 12.7 Å². The van der Waals surface area contributed by atoms with E-state index in [2.05, 4.69) is 46.9 Å². The van der Waals surface area contributed by atoms with Crippen LogP contribution in [-0.4, -0.2) is 27.0 Å². The number of benzene rings is 2. The average molecular weight is 443 g/mol. The molecule has 170 valence electrons. The maximum Gasteiger partial charge on any atom is 0.270 e. The Hall–Kier alpha value is -3.67. The number of nitrogens with zero attached hydrogens (tertiary/aromatic N) is 3. The number of para-hydroxylation sites is 2. The highest BCUT2D eigenvalue weighted by atomic mass is 16.5. The van der Waals surface area contributed by atoms with E-state index in [4.69, 9.17) is 9.72 Å². The summed E-state index contributed by atoms with van der Waals surface area (Å²) in [4.78, 5) is 21.6. The van der Waals surface area contributed by atoms with E-state index in [1.54, 1.807) is 24.4 Å². The molecule has 2 aromatic carbocycles. The predicted molar refractivity (Wildman–Crippen MR) is 130 cm³/mol. The van der Waals surface area contributed by atoms with Gasteiger partial charge in [-0.3, -0.25) is 9.78 Å². The Kier molecular flexibility index (Phi) is 7.03. The Morgan fingerprint density at radius 1 is 1.00 bits per heavy atom. The first-order chi connectivity index (χ1) is 16.0. The van der Waals surface area contributed by atoms with Crippen molar-refractivity contribution in [2.75, 3.05) is 6.61 Å². The van der Waals surface area contributed by atoms with Crippen LogP contribution in [0.15, 0.2) is 72.9 Å². The summed E-state index contributed by atoms with van der Waals surface area (Å²) in [5.41, 5.74) is 3.66. The molecule has 0 aliphatic rings. The number of pyridine rings is 1. The molecule has 0 spiro atoms. The van der Waals surface area contributed by atoms with Crippen molar-refractivity contribution in [3.63, 3.8) is 0 Å². The number of aryl methyl sites for hydroxylation is 1. The van der Waals surface area contributed by atoms with Crippen LogP contribution in [-0.2, 0) is 6.54 Å². The van der Waals surface area contributed by atoms with Crippen molar-refractivity contribution in [3.8, 4) is 5.75 Å². The minimum atomic E-state index is -0.267. The minimum absolute atomic E-state index is 0.213. The van der Waals surface area contributed by atoms with Crippen LogP contribution in [0.3, 0.4) is 0 Å². The second-order valence-corrected chi connectivity index (χ2v) is 8.45. The molecular formula is C27H30N4O2. The fourth-order valence-electron chi connectivity index (χ4n) is 3.85. The Morgan fingerprint density at radius 3 is 2.48 bits per heavy atom. The van der Waals surface area contributed by atoms with Gasteiger partial charge in [0.15, 0.2) is 0 Å². The summed E-state index contributed by atoms with van der Waals surface area (Å²) in [5.74, 6) is 2.00. The van der Waals surface area contributed by atoms with Crippen LogP contribution in [0, 0.1) is 0 Å². The molecule has 6 nitrogen and oxygen atoms in total. The van der Waals surface area contributed by atoms with E-state index in [1.807, 2.05) is 37.3 Å². The number of imidazole rings is 1. The summed E-state index contributed by atoms with van der Waals surface area (Å²) in [5, 5.41) is 3.03. The Labute approximate surface area is 194 Å². The van der Waals surface area contributed by atoms with Crippen LogP contribution >= 0.6 is 0 Å². The van der Waals surface area contributed by atoms with Gasteiger partial charge >= 0.3 is 0 Å². The SMILES string of the molecule is CC(C)c1ccc(OCCCn2c(C(C)NC(=O)c3ccccn3)nc3ccccc32)cc1. The molecule has 0 saturated heterocycles. The van der Waals surface area contributed by atoms with Crippen LogP contribution < -0.4 is 10.1 Å². The van der Waals surface area contributed by atoms with Crippen molar-refractivity contribution in [1.82, 2.24) is 19.9 Å². The molecule has 2 aromatic heterocycles. The average Bonchev–Trinajstić information content (AvgIpc) is 3.21. The van der Waals surface area contributed by atoms with Gasteiger partial charge in [0.1, 0.15) is 17.3 Å². The van der Waals surface area contributed by atoms with Crippen molar-refractivity contribution in [1.29, 1.82) is 0 Å². The fourth-order valence-corrected chi connectivity index (χ4v) is 3.85. The van der Waals surface area contributed by atoms with Gasteiger partial charge in [-0.05, 0) is 61.2 Å². The van der Waals surface area contributed by atoms with Crippen LogP contribution in [0.4, 0.5) is 0 Å². The third-order valence-corrected chi connectivity index (χ3v) is 5.66. The first kappa shape index (κ1) is 22.5. The lowest BCUT2D eigenvalue weighted by molar-refractivity contribution is 0.0932. The van der Waals surface area contributed by atoms with Crippen LogP contribution in [0.25, 0.3) is 11.0 Å². The van der Waals surface area contributed by atoms with Crippen molar-refractivity contribution in [2.24, 2.45) is 0 Å². The van der Waals surface area contributed by atoms with Gasteiger partial charge in [0.2, 0.25) is 0 Å². The normalized spacial score (nSPS) is 12.1. The topological polar surface area (TPSA) is 69.0 Å². The molecule has 0 radical (unpaired) electrons. The van der Waals surface area contributed by atoms with E-state index >= 15 is 0 Å². The van der Waals surface area contributed by atoms with Crippen LogP contribution in [0.1, 0.15) is 61.0 Å². The number of ether oxygens (including phenoxy) is 1. The number of aromatic nitrogens is 3. The number of rotatable bonds is 9. The second kappa shape index (κ2) is 10.3. The van der Waals surface area contributed by atoms with E-state index in [0.29, 0.717) is 18.2 Å². The first-order valence-electron chi connectivity index (χ1n) is 11.4. The van der Waals surface area contributed by atoms with E-state index < -0.39 is 0 Å². The van der Waals surface area contributed by atoms with Gasteiger partial charge in [-0.2, -0.15) is 0 Å². The van der Waals surface area contributed by atoms with Crippen molar-refractivity contribution >= 4 is 16.9 Å². The van der Waals surface area contributed by atoms with E-state index in [1.165, 1.54) is 5.56 Å². The lowest BCUT2D eigenvalue weighted by Crippen LogP contribution is -2.29. The predicted octanol–water partition coefficient (Wildman–Crippen LogP) is 5.51. The summed E-state index contributed by atoms with van der Waals surface area (Å²) in [6, 6.07) is 21.4. The Bertz CT molecular complexity index is 1200. The molecule has 1 N–H and O–H groups in total. The molecule has 0 aliphatic carbocycles. The second-order valence-electron chi connectivity index (χ2n) is 8.45. The van der Waals surface area contributed by atoms with Gasteiger partial charge in [-0.1, -0.05) is 44.2 Å². The number of hydrogen-bond donors (Lipinski definition) is 1. The molecule has 2 heterocycles. The maximum absolute atomic E-state index is 12.6. The van der Waals surface area contributed by atoms with Gasteiger partial charge in [0.05, 0.1) is 23.7 Å². The molecule has 1 amide bonds. The Balaban J connectivity index is 1.44. The number of fused-ring (bicyclic) bond motifs is 1. The van der Waals surface area contributed by atoms with Gasteiger partial charge in [-0.15, -0.1) is 0 Å². The molecule has 33 heavy (non-hydrogen) atoms. The van der Waals surface area contributed by atoms with Crippen molar-refractivity contribution < 1.29 is 9.53 Å². The van der Waals surface area contributed by atoms with E-state index in [9.17, 15) is 4.79 Å². The number of carbonyl (C=O) groups is 1. The zero-order valence-electron chi connectivity index (χ0n) is 19.4. The van der Waals surface area contributed by atoms with Crippen molar-refractivity contribution in [2.45, 2.75) is 45.7 Å². The standard InChI is InChI=1S/C27H30N4O2/c1-19(2)21-12-14-22(15-13-21)33-18-8-17-31-25-11-5-4-9-23(25)30-26(31)20(3)29-27(32)24-10-6-7-16-28-24/h4-7,9-16,19-20H,8,17-18H2,1-3H3,(H,29,32). The molecule has 0 saturated carbocycles. The smallest absolute Gasteiger partial charge is 0.270 e. The minimum Gasteiger partial charge on any atom is -0.494 e. The number of hydrogen-bond acceptors (Lipinski definition) is 4. The van der Waals surface area contributed by atoms with Crippen LogP contribution in [0.2, 0.25) is 0 Å². The number of carbonyl (C=O) groups excluding carboxylic acids is 1. The maximum atomic E-state index is 12.6. The summed E-state index contributed by atoms with van der Waals surface area (Å²) < 4.78 is 8.13. The lowest BCUT2D eigenvalue weighted by atomic mass is 10.0. The highest BCUT2D eigenvalue weighted by Gasteiger charge is 2.19. The summed E-state index contributed by atoms with van der Waals surface area (Å²) >= 11 is 0. The highest BCUT2D eigenvalue weighted by Crippen LogP contribution is 2.22. The highest BCUT2D eigenvalue weighted by molar-refractivity contribution is 5.92. The third-order valence-electron chi connectivity index (χ3n) is 5.66. The van der Waals surface area contributed by atoms with Crippen molar-refractivity contribution in [3.05, 3.63) is 90.0 Å². The zero-order valence-corrected chi connectivity index (χ0v) is 19.4. The fraction of sp³-hybridized carbons (Fsp3) is 0.296. The number of nitrogens with one attached hydrogen (secondary N) is 1. The van der Waals surface area contributed by atoms with Gasteiger partial charge in [-0.25, -0.2) is 4.98 Å². The van der Waals surface area contributed by atoms with Gasteiger partial charge in [0.25, 0.3) is 5.91 Å². The van der Waals surface area contributed by atoms with Crippen LogP contribution in [0.5, 0.6) is 5.75 Å². The zero-order chi connectivity index (χ0) is 23.2. The molecule has 1 atom stereocenters. The first-order valence-corrected chi connectivity index (χ1v) is 11.4. The molecule has 0 fully saturated rings. The molecular weight excluding hydrogens is 412 g/mol. The molecule has 4 aromatic rings. The Morgan fingerprint density at radius 2 is 1.76 bits per heavy atom.